The number of rotatable bonds is 11. The van der Waals surface area contributed by atoms with Gasteiger partial charge < -0.3 is 10.6 Å². The number of benzene rings is 2. The van der Waals surface area contributed by atoms with Crippen LogP contribution >= 0.6 is 0 Å². The number of halogens is 4. The molecule has 0 spiro atoms. The maximum atomic E-state index is 13.6. The summed E-state index contributed by atoms with van der Waals surface area (Å²) in [6.45, 7) is 2.52. The third-order valence-electron chi connectivity index (χ3n) is 7.19. The number of Topliss-reactive ketones (excluding diaryl/α,β-unsaturated/α-hetero) is 1. The average Bonchev–Trinajstić information content (AvgIpc) is 3.32. The van der Waals surface area contributed by atoms with Crippen molar-refractivity contribution in [2.45, 2.75) is 76.8 Å². The van der Waals surface area contributed by atoms with Crippen LogP contribution in [0.4, 0.5) is 23.5 Å². The zero-order valence-corrected chi connectivity index (χ0v) is 21.1. The molecule has 0 radical (unpaired) electrons. The molecule has 1 aliphatic heterocycles. The van der Waals surface area contributed by atoms with Gasteiger partial charge in [-0.25, -0.2) is 27.5 Å². The molecule has 0 saturated carbocycles. The number of hydrogen-bond acceptors (Lipinski definition) is 5. The Balaban J connectivity index is 1.82. The smallest absolute Gasteiger partial charge is 0.273 e. The van der Waals surface area contributed by atoms with E-state index in [0.29, 0.717) is 36.0 Å². The van der Waals surface area contributed by atoms with Crippen LogP contribution in [0.2, 0.25) is 0 Å². The lowest BCUT2D eigenvalue weighted by molar-refractivity contribution is -0.125. The number of amides is 1. The molecule has 38 heavy (non-hydrogen) atoms. The Kier molecular flexibility index (Phi) is 8.28. The van der Waals surface area contributed by atoms with Crippen molar-refractivity contribution < 1.29 is 27.2 Å². The van der Waals surface area contributed by atoms with Gasteiger partial charge in [0.15, 0.2) is 0 Å². The number of nitrogen functional groups attached to an aromatic ring is 1. The van der Waals surface area contributed by atoms with Crippen LogP contribution in [0.25, 0.3) is 10.9 Å². The van der Waals surface area contributed by atoms with Crippen LogP contribution in [0.15, 0.2) is 42.5 Å². The van der Waals surface area contributed by atoms with Crippen molar-refractivity contribution in [3.63, 3.8) is 0 Å². The molecular formula is C28H30F4N4O2. The Bertz CT molecular complexity index is 1290. The fraction of sp³-hybridized carbons (Fsp3) is 0.429. The van der Waals surface area contributed by atoms with E-state index in [-0.39, 0.29) is 36.7 Å². The van der Waals surface area contributed by atoms with Crippen LogP contribution in [-0.4, -0.2) is 39.4 Å². The Hall–Kier alpha value is -3.56. The van der Waals surface area contributed by atoms with Gasteiger partial charge in [0.05, 0.1) is 10.9 Å². The van der Waals surface area contributed by atoms with Crippen molar-refractivity contribution in [1.82, 2.24) is 14.9 Å². The second-order valence-corrected chi connectivity index (χ2v) is 9.71. The van der Waals surface area contributed by atoms with Crippen molar-refractivity contribution in [3.8, 4) is 0 Å². The molecule has 10 heteroatoms. The minimum absolute atomic E-state index is 0.0155. The van der Waals surface area contributed by atoms with Crippen molar-refractivity contribution in [3.05, 3.63) is 64.8 Å². The molecule has 202 valence electrons. The first kappa shape index (κ1) is 27.5. The number of anilines is 1. The number of alkyl halides is 4. The Morgan fingerprint density at radius 1 is 0.974 bits per heavy atom. The summed E-state index contributed by atoms with van der Waals surface area (Å²) in [5.41, 5.74) is 7.03. The highest BCUT2D eigenvalue weighted by Gasteiger charge is 2.40. The molecular weight excluding hydrogens is 500 g/mol. The van der Waals surface area contributed by atoms with Gasteiger partial charge in [0.1, 0.15) is 11.5 Å². The van der Waals surface area contributed by atoms with Gasteiger partial charge in [-0.3, -0.25) is 9.59 Å². The van der Waals surface area contributed by atoms with Crippen molar-refractivity contribution >= 4 is 28.5 Å². The second kappa shape index (κ2) is 11.4. The first-order chi connectivity index (χ1) is 18.1. The molecule has 2 aromatic carbocycles. The van der Waals surface area contributed by atoms with E-state index >= 15 is 0 Å². The largest absolute Gasteiger partial charge is 0.368 e. The van der Waals surface area contributed by atoms with E-state index in [2.05, 4.69) is 9.97 Å². The van der Waals surface area contributed by atoms with Gasteiger partial charge in [-0.15, -0.1) is 0 Å². The van der Waals surface area contributed by atoms with Crippen LogP contribution in [0.3, 0.4) is 0 Å². The van der Waals surface area contributed by atoms with Crippen LogP contribution in [-0.2, 0) is 23.3 Å². The standard InChI is InChI=1S/C28H30F4N4O2/c1-2-5-22(37)28(12-10-23(29)30,13-11-24(31)32)19-8-9-21-20(14-19)25(35-27(33)34-21)26(38)36-15-17-6-3-4-7-18(17)16-36/h3-4,6-9,14,23-24H,2,5,10-13,15-16H2,1H3,(H2,33,34,35). The number of fused-ring (bicyclic) bond motifs is 2. The molecule has 6 nitrogen and oxygen atoms in total. The minimum atomic E-state index is -2.70. The summed E-state index contributed by atoms with van der Waals surface area (Å²) in [5, 5.41) is 0.292. The van der Waals surface area contributed by atoms with Gasteiger partial charge >= 0.3 is 0 Å². The van der Waals surface area contributed by atoms with Crippen molar-refractivity contribution in [1.29, 1.82) is 0 Å². The minimum Gasteiger partial charge on any atom is -0.368 e. The number of aromatic nitrogens is 2. The van der Waals surface area contributed by atoms with Crippen molar-refractivity contribution in [2.75, 3.05) is 5.73 Å². The molecule has 0 fully saturated rings. The molecule has 1 aromatic heterocycles. The Morgan fingerprint density at radius 3 is 2.13 bits per heavy atom. The fourth-order valence-corrected chi connectivity index (χ4v) is 5.26. The summed E-state index contributed by atoms with van der Waals surface area (Å²) in [7, 11) is 0. The van der Waals surface area contributed by atoms with Gasteiger partial charge in [-0.05, 0) is 48.1 Å². The summed E-state index contributed by atoms with van der Waals surface area (Å²) >= 11 is 0. The highest BCUT2D eigenvalue weighted by atomic mass is 19.3. The monoisotopic (exact) mass is 530 g/mol. The molecule has 1 aliphatic rings. The molecule has 0 unspecified atom stereocenters. The maximum Gasteiger partial charge on any atom is 0.273 e. The second-order valence-electron chi connectivity index (χ2n) is 9.71. The lowest BCUT2D eigenvalue weighted by atomic mass is 9.68. The van der Waals surface area contributed by atoms with Crippen molar-refractivity contribution in [2.24, 2.45) is 0 Å². The van der Waals surface area contributed by atoms with E-state index in [0.717, 1.165) is 11.1 Å². The predicted molar refractivity (Wildman–Crippen MR) is 136 cm³/mol. The summed E-state index contributed by atoms with van der Waals surface area (Å²) in [6.07, 6.45) is -6.72. The number of carbonyl (C=O) groups is 2. The summed E-state index contributed by atoms with van der Waals surface area (Å²) in [4.78, 5) is 37.1. The van der Waals surface area contributed by atoms with E-state index < -0.39 is 37.0 Å². The van der Waals surface area contributed by atoms with Crippen LogP contribution < -0.4 is 5.73 Å². The van der Waals surface area contributed by atoms with Gasteiger partial charge in [-0.1, -0.05) is 37.3 Å². The number of nitrogens with two attached hydrogens (primary N) is 1. The van der Waals surface area contributed by atoms with Crippen LogP contribution in [0.5, 0.6) is 0 Å². The summed E-state index contributed by atoms with van der Waals surface area (Å²) < 4.78 is 53.4. The van der Waals surface area contributed by atoms with Gasteiger partial charge in [0, 0.05) is 37.7 Å². The molecule has 4 rings (SSSR count). The predicted octanol–water partition coefficient (Wildman–Crippen LogP) is 6.07. The topological polar surface area (TPSA) is 89.2 Å². The first-order valence-electron chi connectivity index (χ1n) is 12.7. The van der Waals surface area contributed by atoms with Crippen LogP contribution in [0.1, 0.15) is 72.6 Å². The normalized spacial score (nSPS) is 13.5. The van der Waals surface area contributed by atoms with Crippen LogP contribution in [0, 0.1) is 0 Å². The van der Waals surface area contributed by atoms with E-state index in [1.165, 1.54) is 12.1 Å². The lowest BCUT2D eigenvalue weighted by Crippen LogP contribution is -2.37. The van der Waals surface area contributed by atoms with E-state index in [9.17, 15) is 27.2 Å². The molecule has 0 saturated heterocycles. The third kappa shape index (κ3) is 5.63. The summed E-state index contributed by atoms with van der Waals surface area (Å²) in [6, 6.07) is 12.3. The Morgan fingerprint density at radius 2 is 1.58 bits per heavy atom. The zero-order valence-electron chi connectivity index (χ0n) is 21.1. The van der Waals surface area contributed by atoms with Gasteiger partial charge in [-0.2, -0.15) is 0 Å². The fourth-order valence-electron chi connectivity index (χ4n) is 5.26. The Labute approximate surface area is 218 Å². The third-order valence-corrected chi connectivity index (χ3v) is 7.19. The highest BCUT2D eigenvalue weighted by molar-refractivity contribution is 6.05. The maximum absolute atomic E-state index is 13.6. The molecule has 3 aromatic rings. The molecule has 2 N–H and O–H groups in total. The molecule has 1 amide bonds. The number of ketones is 1. The quantitative estimate of drug-likeness (QED) is 0.304. The molecule has 0 bridgehead atoms. The SMILES string of the molecule is CCCC(=O)C(CCC(F)F)(CCC(F)F)c1ccc2nc(N)nc(C(=O)N3Cc4ccccc4C3)c2c1. The number of nitrogens with zero attached hydrogens (tertiary/aromatic N) is 3. The van der Waals surface area contributed by atoms with E-state index in [1.54, 1.807) is 17.9 Å². The molecule has 0 aliphatic carbocycles. The number of hydrogen-bond donors (Lipinski definition) is 1. The summed E-state index contributed by atoms with van der Waals surface area (Å²) in [5.74, 6) is -0.892. The molecule has 0 atom stereocenters. The molecule has 2 heterocycles. The van der Waals surface area contributed by atoms with Gasteiger partial charge in [0.25, 0.3) is 5.91 Å². The first-order valence-corrected chi connectivity index (χ1v) is 12.7. The van der Waals surface area contributed by atoms with Gasteiger partial charge in [0.2, 0.25) is 18.8 Å². The average molecular weight is 531 g/mol. The zero-order chi connectivity index (χ0) is 27.4. The highest BCUT2D eigenvalue weighted by Crippen LogP contribution is 2.40. The van der Waals surface area contributed by atoms with E-state index in [1.807, 2.05) is 24.3 Å². The number of carbonyl (C=O) groups excluding carboxylic acids is 2. The lowest BCUT2D eigenvalue weighted by Gasteiger charge is -2.34. The van der Waals surface area contributed by atoms with E-state index in [4.69, 9.17) is 5.73 Å².